The van der Waals surface area contributed by atoms with E-state index in [1.165, 1.54) is 12.1 Å². The molecule has 2 atom stereocenters. The van der Waals surface area contributed by atoms with Crippen molar-refractivity contribution in [2.24, 2.45) is 0 Å². The van der Waals surface area contributed by atoms with Gasteiger partial charge in [0, 0.05) is 37.7 Å². The molecule has 2 aliphatic rings. The Hall–Kier alpha value is -3.41. The molecule has 1 fully saturated rings. The van der Waals surface area contributed by atoms with E-state index in [2.05, 4.69) is 0 Å². The number of anilines is 1. The number of fused-ring (bicyclic) bond motifs is 2. The lowest BCUT2D eigenvalue weighted by Gasteiger charge is -2.30. The molecule has 3 aromatic rings. The van der Waals surface area contributed by atoms with Gasteiger partial charge >= 0.3 is 5.97 Å². The van der Waals surface area contributed by atoms with E-state index in [0.29, 0.717) is 30.9 Å². The van der Waals surface area contributed by atoms with E-state index < -0.39 is 23.7 Å². The Bertz CT molecular complexity index is 1200. The van der Waals surface area contributed by atoms with E-state index in [9.17, 15) is 19.1 Å². The van der Waals surface area contributed by atoms with Crippen molar-refractivity contribution in [1.82, 2.24) is 4.90 Å². The van der Waals surface area contributed by atoms with Crippen LogP contribution in [-0.2, 0) is 16.1 Å². The van der Waals surface area contributed by atoms with Gasteiger partial charge in [0.2, 0.25) is 5.91 Å². The van der Waals surface area contributed by atoms with Crippen molar-refractivity contribution >= 4 is 28.3 Å². The van der Waals surface area contributed by atoms with Gasteiger partial charge in [-0.1, -0.05) is 42.5 Å². The molecule has 33 heavy (non-hydrogen) atoms. The first-order valence-electron chi connectivity index (χ1n) is 11.6. The average molecular weight is 447 g/mol. The number of piperidine rings is 1. The quantitative estimate of drug-likeness (QED) is 0.603. The molecule has 0 bridgehead atoms. The Morgan fingerprint density at radius 2 is 1.73 bits per heavy atom. The molecule has 0 saturated carbocycles. The van der Waals surface area contributed by atoms with Crippen LogP contribution in [0.15, 0.2) is 60.7 Å². The number of halogens is 1. The van der Waals surface area contributed by atoms with Crippen LogP contribution in [0.1, 0.15) is 42.7 Å². The fourth-order valence-electron chi connectivity index (χ4n) is 5.41. The van der Waals surface area contributed by atoms with Gasteiger partial charge in [-0.2, -0.15) is 0 Å². The number of likely N-dealkylation sites (tertiary alicyclic amines) is 1. The topological polar surface area (TPSA) is 60.9 Å². The van der Waals surface area contributed by atoms with Crippen molar-refractivity contribution in [1.29, 1.82) is 0 Å². The standard InChI is InChI=1S/C27H27FN2O3/c28-20-11-12-24-22(15-20)23(16-25(31)29-13-4-1-5-14-29)26(27(32)33)30(24)17-19-9-6-8-18-7-2-3-10-21(18)19/h2-3,6-12,15,23,26H,1,4-5,13-14,16-17H2,(H,32,33). The molecule has 1 N–H and O–H groups in total. The Morgan fingerprint density at radius 1 is 0.970 bits per heavy atom. The summed E-state index contributed by atoms with van der Waals surface area (Å²) in [5.74, 6) is -2.06. The van der Waals surface area contributed by atoms with Gasteiger partial charge in [-0.05, 0) is 59.4 Å². The number of carbonyl (C=O) groups is 2. The zero-order valence-corrected chi connectivity index (χ0v) is 18.4. The first kappa shape index (κ1) is 21.4. The van der Waals surface area contributed by atoms with Gasteiger partial charge in [0.1, 0.15) is 11.9 Å². The molecule has 0 spiro atoms. The highest BCUT2D eigenvalue weighted by Crippen LogP contribution is 2.45. The van der Waals surface area contributed by atoms with Crippen LogP contribution in [0.2, 0.25) is 0 Å². The molecular weight excluding hydrogens is 419 g/mol. The summed E-state index contributed by atoms with van der Waals surface area (Å²) in [6.07, 6.45) is 3.12. The summed E-state index contributed by atoms with van der Waals surface area (Å²) in [5, 5.41) is 12.4. The van der Waals surface area contributed by atoms with E-state index in [4.69, 9.17) is 0 Å². The van der Waals surface area contributed by atoms with Crippen LogP contribution in [0, 0.1) is 5.82 Å². The third-order valence-corrected chi connectivity index (χ3v) is 6.99. The minimum absolute atomic E-state index is 0.0480. The van der Waals surface area contributed by atoms with Crippen molar-refractivity contribution in [3.63, 3.8) is 0 Å². The predicted molar refractivity (Wildman–Crippen MR) is 126 cm³/mol. The minimum atomic E-state index is -0.997. The molecule has 1 amide bonds. The summed E-state index contributed by atoms with van der Waals surface area (Å²) in [6.45, 7) is 1.78. The molecule has 2 heterocycles. The van der Waals surface area contributed by atoms with Crippen molar-refractivity contribution in [2.45, 2.75) is 44.2 Å². The highest BCUT2D eigenvalue weighted by atomic mass is 19.1. The normalized spacial score (nSPS) is 20.2. The maximum Gasteiger partial charge on any atom is 0.327 e. The van der Waals surface area contributed by atoms with E-state index in [1.54, 1.807) is 6.07 Å². The Kier molecular flexibility index (Phi) is 5.75. The number of carboxylic acid groups (broad SMARTS) is 1. The van der Waals surface area contributed by atoms with Crippen LogP contribution < -0.4 is 4.90 Å². The van der Waals surface area contributed by atoms with Crippen LogP contribution in [0.5, 0.6) is 0 Å². The molecule has 0 aliphatic carbocycles. The van der Waals surface area contributed by atoms with Crippen molar-refractivity contribution in [3.8, 4) is 0 Å². The second kappa shape index (κ2) is 8.85. The van der Waals surface area contributed by atoms with Gasteiger partial charge in [0.05, 0.1) is 0 Å². The molecule has 2 unspecified atom stereocenters. The molecule has 1 saturated heterocycles. The molecule has 2 aliphatic heterocycles. The van der Waals surface area contributed by atoms with Gasteiger partial charge < -0.3 is 14.9 Å². The largest absolute Gasteiger partial charge is 0.480 e. The van der Waals surface area contributed by atoms with Crippen LogP contribution in [0.25, 0.3) is 10.8 Å². The maximum atomic E-state index is 14.3. The van der Waals surface area contributed by atoms with Crippen molar-refractivity contribution < 1.29 is 19.1 Å². The lowest BCUT2D eigenvalue weighted by Crippen LogP contribution is -2.43. The van der Waals surface area contributed by atoms with Crippen LogP contribution in [0.4, 0.5) is 10.1 Å². The average Bonchev–Trinajstić information content (AvgIpc) is 3.12. The van der Waals surface area contributed by atoms with Crippen LogP contribution >= 0.6 is 0 Å². The van der Waals surface area contributed by atoms with E-state index in [1.807, 2.05) is 52.3 Å². The predicted octanol–water partition coefficient (Wildman–Crippen LogP) is 4.94. The third kappa shape index (κ3) is 4.06. The molecule has 0 aromatic heterocycles. The summed E-state index contributed by atoms with van der Waals surface area (Å²) >= 11 is 0. The first-order chi connectivity index (χ1) is 16.0. The minimum Gasteiger partial charge on any atom is -0.480 e. The van der Waals surface area contributed by atoms with Gasteiger partial charge in [0.15, 0.2) is 0 Å². The highest BCUT2D eigenvalue weighted by molar-refractivity contribution is 5.89. The number of carbonyl (C=O) groups excluding carboxylic acids is 1. The number of nitrogens with zero attached hydrogens (tertiary/aromatic N) is 2. The Morgan fingerprint density at radius 3 is 2.52 bits per heavy atom. The lowest BCUT2D eigenvalue weighted by atomic mass is 9.90. The summed E-state index contributed by atoms with van der Waals surface area (Å²) < 4.78 is 14.3. The lowest BCUT2D eigenvalue weighted by molar-refractivity contribution is -0.139. The second-order valence-electron chi connectivity index (χ2n) is 9.00. The summed E-state index contributed by atoms with van der Waals surface area (Å²) in [7, 11) is 0. The van der Waals surface area contributed by atoms with Crippen molar-refractivity contribution in [3.05, 3.63) is 77.6 Å². The molecule has 5 rings (SSSR count). The molecule has 0 radical (unpaired) electrons. The maximum absolute atomic E-state index is 14.3. The first-order valence-corrected chi connectivity index (χ1v) is 11.6. The number of aliphatic carboxylic acids is 1. The molecular formula is C27H27FN2O3. The highest BCUT2D eigenvalue weighted by Gasteiger charge is 2.44. The van der Waals surface area contributed by atoms with Gasteiger partial charge in [-0.3, -0.25) is 4.79 Å². The monoisotopic (exact) mass is 446 g/mol. The number of benzene rings is 3. The fraction of sp³-hybridized carbons (Fsp3) is 0.333. The van der Waals surface area contributed by atoms with Gasteiger partial charge in [0.25, 0.3) is 0 Å². The second-order valence-corrected chi connectivity index (χ2v) is 9.00. The number of rotatable bonds is 5. The summed E-state index contributed by atoms with van der Waals surface area (Å²) in [6, 6.07) is 17.5. The molecule has 5 nitrogen and oxygen atoms in total. The van der Waals surface area contributed by atoms with Crippen LogP contribution in [-0.4, -0.2) is 41.0 Å². The third-order valence-electron chi connectivity index (χ3n) is 6.99. The smallest absolute Gasteiger partial charge is 0.327 e. The molecule has 6 heteroatoms. The van der Waals surface area contributed by atoms with Crippen molar-refractivity contribution in [2.75, 3.05) is 18.0 Å². The summed E-state index contributed by atoms with van der Waals surface area (Å²) in [5.41, 5.74) is 2.29. The number of carboxylic acids is 1. The van der Waals surface area contributed by atoms with Gasteiger partial charge in [-0.15, -0.1) is 0 Å². The van der Waals surface area contributed by atoms with Gasteiger partial charge in [-0.25, -0.2) is 9.18 Å². The number of hydrogen-bond donors (Lipinski definition) is 1. The Labute approximate surface area is 192 Å². The molecule has 3 aromatic carbocycles. The van der Waals surface area contributed by atoms with E-state index in [-0.39, 0.29) is 12.3 Å². The molecule has 170 valence electrons. The zero-order chi connectivity index (χ0) is 22.9. The fourth-order valence-corrected chi connectivity index (χ4v) is 5.41. The SMILES string of the molecule is O=C(O)C1C(CC(=O)N2CCCCC2)c2cc(F)ccc2N1Cc1cccc2ccccc12. The van der Waals surface area contributed by atoms with Crippen LogP contribution in [0.3, 0.4) is 0 Å². The van der Waals surface area contributed by atoms with E-state index >= 15 is 0 Å². The van der Waals surface area contributed by atoms with E-state index in [0.717, 1.165) is 35.6 Å². The zero-order valence-electron chi connectivity index (χ0n) is 18.4. The number of hydrogen-bond acceptors (Lipinski definition) is 3. The summed E-state index contributed by atoms with van der Waals surface area (Å²) in [4.78, 5) is 29.3. The number of amides is 1. The Balaban J connectivity index is 1.52.